The summed E-state index contributed by atoms with van der Waals surface area (Å²) in [7, 11) is 3.36. The number of nitrogens with zero attached hydrogens (tertiary/aromatic N) is 1. The fourth-order valence-electron chi connectivity index (χ4n) is 1.27. The van der Waals surface area contributed by atoms with Crippen LogP contribution in [0.1, 0.15) is 13.3 Å². The van der Waals surface area contributed by atoms with Crippen LogP contribution in [0.25, 0.3) is 0 Å². The molecule has 1 aromatic rings. The van der Waals surface area contributed by atoms with Crippen LogP contribution in [0.4, 0.5) is 4.39 Å². The van der Waals surface area contributed by atoms with Crippen molar-refractivity contribution in [2.24, 2.45) is 0 Å². The average molecular weight is 225 g/mol. The summed E-state index contributed by atoms with van der Waals surface area (Å²) >= 11 is 0. The molecule has 0 aliphatic rings. The summed E-state index contributed by atoms with van der Waals surface area (Å²) in [6, 6.07) is 5.65. The van der Waals surface area contributed by atoms with Gasteiger partial charge in [0.15, 0.2) is 6.10 Å². The van der Waals surface area contributed by atoms with Gasteiger partial charge >= 0.3 is 0 Å². The monoisotopic (exact) mass is 225 g/mol. The van der Waals surface area contributed by atoms with Gasteiger partial charge in [0.05, 0.1) is 0 Å². The molecule has 0 aromatic heterocycles. The van der Waals surface area contributed by atoms with E-state index in [1.54, 1.807) is 14.1 Å². The molecule has 1 atom stereocenters. The Bertz CT molecular complexity index is 349. The lowest BCUT2D eigenvalue weighted by molar-refractivity contribution is -0.136. The third-order valence-electron chi connectivity index (χ3n) is 2.18. The zero-order chi connectivity index (χ0) is 12.1. The highest BCUT2D eigenvalue weighted by molar-refractivity contribution is 5.80. The number of rotatable bonds is 4. The molecule has 0 aliphatic heterocycles. The molecule has 88 valence electrons. The summed E-state index contributed by atoms with van der Waals surface area (Å²) in [4.78, 5) is 13.2. The fraction of sp³-hybridized carbons (Fsp3) is 0.417. The standard InChI is InChI=1S/C12H16FNO2/c1-4-11(12(15)14(2)3)16-10-7-5-9(13)6-8-10/h5-8,11H,4H2,1-3H3/t11-/m0/s1. The Hall–Kier alpha value is -1.58. The van der Waals surface area contributed by atoms with Crippen LogP contribution in [-0.4, -0.2) is 31.0 Å². The number of carbonyl (C=O) groups excluding carboxylic acids is 1. The van der Waals surface area contributed by atoms with Crippen molar-refractivity contribution in [2.45, 2.75) is 19.4 Å². The van der Waals surface area contributed by atoms with E-state index in [9.17, 15) is 9.18 Å². The number of likely N-dealkylation sites (N-methyl/N-ethyl adjacent to an activating group) is 1. The van der Waals surface area contributed by atoms with Crippen molar-refractivity contribution in [3.05, 3.63) is 30.1 Å². The SMILES string of the molecule is CC[C@H](Oc1ccc(F)cc1)C(=O)N(C)C. The van der Waals surface area contributed by atoms with E-state index in [4.69, 9.17) is 4.74 Å². The molecule has 0 spiro atoms. The molecule has 0 heterocycles. The predicted molar refractivity (Wildman–Crippen MR) is 59.8 cm³/mol. The molecule has 1 aromatic carbocycles. The zero-order valence-electron chi connectivity index (χ0n) is 9.74. The minimum atomic E-state index is -0.513. The van der Waals surface area contributed by atoms with Gasteiger partial charge in [0.2, 0.25) is 0 Å². The smallest absolute Gasteiger partial charge is 0.263 e. The van der Waals surface area contributed by atoms with Crippen molar-refractivity contribution in [1.29, 1.82) is 0 Å². The van der Waals surface area contributed by atoms with Crippen LogP contribution in [0.2, 0.25) is 0 Å². The van der Waals surface area contributed by atoms with E-state index in [2.05, 4.69) is 0 Å². The molecule has 0 aliphatic carbocycles. The van der Waals surface area contributed by atoms with Crippen LogP contribution in [0.5, 0.6) is 5.75 Å². The highest BCUT2D eigenvalue weighted by Gasteiger charge is 2.19. The third-order valence-corrected chi connectivity index (χ3v) is 2.18. The van der Waals surface area contributed by atoms with Crippen molar-refractivity contribution in [1.82, 2.24) is 4.90 Å². The number of benzene rings is 1. The first-order valence-corrected chi connectivity index (χ1v) is 5.18. The third kappa shape index (κ3) is 3.22. The second-order valence-corrected chi connectivity index (χ2v) is 3.70. The molecular weight excluding hydrogens is 209 g/mol. The molecule has 0 saturated heterocycles. The van der Waals surface area contributed by atoms with Gasteiger partial charge in [-0.1, -0.05) is 6.92 Å². The van der Waals surface area contributed by atoms with Crippen molar-refractivity contribution in [3.63, 3.8) is 0 Å². The average Bonchev–Trinajstić information content (AvgIpc) is 2.27. The first kappa shape index (κ1) is 12.5. The van der Waals surface area contributed by atoms with Crippen LogP contribution in [-0.2, 0) is 4.79 Å². The number of amides is 1. The van der Waals surface area contributed by atoms with E-state index in [-0.39, 0.29) is 11.7 Å². The lowest BCUT2D eigenvalue weighted by Crippen LogP contribution is -2.37. The molecule has 1 rings (SSSR count). The van der Waals surface area contributed by atoms with Gasteiger partial charge in [-0.25, -0.2) is 4.39 Å². The predicted octanol–water partition coefficient (Wildman–Crippen LogP) is 2.07. The number of halogens is 1. The van der Waals surface area contributed by atoms with Crippen LogP contribution in [0.3, 0.4) is 0 Å². The van der Waals surface area contributed by atoms with Crippen LogP contribution < -0.4 is 4.74 Å². The van der Waals surface area contributed by atoms with Crippen molar-refractivity contribution >= 4 is 5.91 Å². The summed E-state index contributed by atoms with van der Waals surface area (Å²) in [5, 5.41) is 0. The van der Waals surface area contributed by atoms with Crippen LogP contribution >= 0.6 is 0 Å². The largest absolute Gasteiger partial charge is 0.481 e. The summed E-state index contributed by atoms with van der Waals surface area (Å²) < 4.78 is 18.1. The maximum Gasteiger partial charge on any atom is 0.263 e. The van der Waals surface area contributed by atoms with Crippen molar-refractivity contribution < 1.29 is 13.9 Å². The fourth-order valence-corrected chi connectivity index (χ4v) is 1.27. The first-order chi connectivity index (χ1) is 7.54. The highest BCUT2D eigenvalue weighted by Crippen LogP contribution is 2.15. The van der Waals surface area contributed by atoms with Gasteiger partial charge in [0, 0.05) is 14.1 Å². The molecule has 1 amide bonds. The minimum absolute atomic E-state index is 0.0909. The summed E-state index contributed by atoms with van der Waals surface area (Å²) in [5.41, 5.74) is 0. The molecule has 16 heavy (non-hydrogen) atoms. The molecule has 0 radical (unpaired) electrons. The Morgan fingerprint density at radius 3 is 2.38 bits per heavy atom. The Kier molecular flexibility index (Phi) is 4.28. The molecule has 0 saturated carbocycles. The molecule has 0 N–H and O–H groups in total. The zero-order valence-corrected chi connectivity index (χ0v) is 9.74. The van der Waals surface area contributed by atoms with E-state index in [0.29, 0.717) is 12.2 Å². The Morgan fingerprint density at radius 1 is 1.38 bits per heavy atom. The Labute approximate surface area is 94.8 Å². The maximum absolute atomic E-state index is 12.7. The molecule has 0 bridgehead atoms. The van der Waals surface area contributed by atoms with E-state index in [1.165, 1.54) is 29.2 Å². The van der Waals surface area contributed by atoms with Gasteiger partial charge < -0.3 is 9.64 Å². The van der Waals surface area contributed by atoms with Crippen molar-refractivity contribution in [3.8, 4) is 5.75 Å². The lowest BCUT2D eigenvalue weighted by Gasteiger charge is -2.20. The van der Waals surface area contributed by atoms with Crippen molar-refractivity contribution in [2.75, 3.05) is 14.1 Å². The number of ether oxygens (including phenoxy) is 1. The minimum Gasteiger partial charge on any atom is -0.481 e. The Morgan fingerprint density at radius 2 is 1.94 bits per heavy atom. The topological polar surface area (TPSA) is 29.5 Å². The van der Waals surface area contributed by atoms with Crippen LogP contribution in [0, 0.1) is 5.82 Å². The molecule has 3 nitrogen and oxygen atoms in total. The van der Waals surface area contributed by atoms with Gasteiger partial charge in [0.25, 0.3) is 5.91 Å². The van der Waals surface area contributed by atoms with Gasteiger partial charge in [-0.15, -0.1) is 0 Å². The molecule has 0 unspecified atom stereocenters. The molecule has 4 heteroatoms. The Balaban J connectivity index is 2.70. The highest BCUT2D eigenvalue weighted by atomic mass is 19.1. The quantitative estimate of drug-likeness (QED) is 0.785. The summed E-state index contributed by atoms with van der Waals surface area (Å²) in [6.45, 7) is 1.87. The number of hydrogen-bond acceptors (Lipinski definition) is 2. The first-order valence-electron chi connectivity index (χ1n) is 5.18. The van der Waals surface area contributed by atoms with E-state index in [1.807, 2.05) is 6.92 Å². The second kappa shape index (κ2) is 5.49. The number of hydrogen-bond donors (Lipinski definition) is 0. The summed E-state index contributed by atoms with van der Waals surface area (Å²) in [6.07, 6.45) is 0.0643. The van der Waals surface area contributed by atoms with Gasteiger partial charge in [-0.3, -0.25) is 4.79 Å². The second-order valence-electron chi connectivity index (χ2n) is 3.70. The van der Waals surface area contributed by atoms with E-state index >= 15 is 0 Å². The van der Waals surface area contributed by atoms with E-state index in [0.717, 1.165) is 0 Å². The van der Waals surface area contributed by atoms with Gasteiger partial charge in [-0.05, 0) is 30.7 Å². The molecular formula is C12H16FNO2. The maximum atomic E-state index is 12.7. The van der Waals surface area contributed by atoms with Gasteiger partial charge in [-0.2, -0.15) is 0 Å². The van der Waals surface area contributed by atoms with Crippen LogP contribution in [0.15, 0.2) is 24.3 Å². The lowest BCUT2D eigenvalue weighted by atomic mass is 10.2. The number of carbonyl (C=O) groups is 1. The van der Waals surface area contributed by atoms with Gasteiger partial charge in [0.1, 0.15) is 11.6 Å². The molecule has 0 fully saturated rings. The normalized spacial score (nSPS) is 12.0. The summed E-state index contributed by atoms with van der Waals surface area (Å²) in [5.74, 6) is 0.0922. The van der Waals surface area contributed by atoms with E-state index < -0.39 is 6.10 Å².